The van der Waals surface area contributed by atoms with Crippen LogP contribution in [0.15, 0.2) is 0 Å². The van der Waals surface area contributed by atoms with Crippen LogP contribution in [0.25, 0.3) is 0 Å². The largest absolute Gasteiger partial charge is 0.460 e. The highest BCUT2D eigenvalue weighted by Gasteiger charge is 2.19. The van der Waals surface area contributed by atoms with Crippen molar-refractivity contribution >= 4 is 5.97 Å². The van der Waals surface area contributed by atoms with E-state index in [1.807, 2.05) is 20.8 Å². The van der Waals surface area contributed by atoms with E-state index in [9.17, 15) is 4.79 Å². The summed E-state index contributed by atoms with van der Waals surface area (Å²) in [6, 6.07) is 0. The minimum atomic E-state index is -0.329. The maximum atomic E-state index is 11.2. The Kier molecular flexibility index (Phi) is 5.71. The number of carbonyl (C=O) groups excluding carboxylic acids is 1. The van der Waals surface area contributed by atoms with Crippen molar-refractivity contribution < 1.29 is 14.3 Å². The number of ether oxygens (including phenoxy) is 2. The van der Waals surface area contributed by atoms with Gasteiger partial charge in [-0.25, -0.2) is 0 Å². The molecule has 0 aliphatic rings. The van der Waals surface area contributed by atoms with E-state index in [0.29, 0.717) is 13.0 Å². The minimum absolute atomic E-state index is 0.135. The first-order valence-electron chi connectivity index (χ1n) is 4.72. The summed E-state index contributed by atoms with van der Waals surface area (Å²) in [7, 11) is 1.63. The SMILES string of the molecule is CCC(C)(C)OC(=O)CCCOC. The van der Waals surface area contributed by atoms with Crippen molar-refractivity contribution in [3.63, 3.8) is 0 Å². The van der Waals surface area contributed by atoms with Crippen molar-refractivity contribution in [2.24, 2.45) is 0 Å². The van der Waals surface area contributed by atoms with Crippen LogP contribution in [0.5, 0.6) is 0 Å². The maximum absolute atomic E-state index is 11.2. The van der Waals surface area contributed by atoms with E-state index in [1.165, 1.54) is 0 Å². The average molecular weight is 188 g/mol. The number of hydrogen-bond donors (Lipinski definition) is 0. The van der Waals surface area contributed by atoms with Gasteiger partial charge in [-0.2, -0.15) is 0 Å². The van der Waals surface area contributed by atoms with Crippen molar-refractivity contribution in [3.8, 4) is 0 Å². The molecule has 0 fully saturated rings. The highest BCUT2D eigenvalue weighted by molar-refractivity contribution is 5.69. The second-order valence-corrected chi connectivity index (χ2v) is 3.68. The summed E-state index contributed by atoms with van der Waals surface area (Å²) in [5.74, 6) is -0.135. The molecule has 0 radical (unpaired) electrons. The Bertz CT molecular complexity index is 152. The summed E-state index contributed by atoms with van der Waals surface area (Å²) in [4.78, 5) is 11.2. The summed E-state index contributed by atoms with van der Waals surface area (Å²) in [5, 5.41) is 0. The molecule has 0 aliphatic carbocycles. The lowest BCUT2D eigenvalue weighted by Crippen LogP contribution is -2.27. The molecule has 3 nitrogen and oxygen atoms in total. The van der Waals surface area contributed by atoms with Gasteiger partial charge in [-0.1, -0.05) is 6.92 Å². The Morgan fingerprint density at radius 1 is 1.38 bits per heavy atom. The molecule has 0 saturated heterocycles. The number of esters is 1. The molecule has 0 aromatic carbocycles. The second kappa shape index (κ2) is 5.97. The predicted octanol–water partition coefficient (Wildman–Crippen LogP) is 2.14. The van der Waals surface area contributed by atoms with Crippen LogP contribution in [-0.2, 0) is 14.3 Å². The molecule has 0 rings (SSSR count). The summed E-state index contributed by atoms with van der Waals surface area (Å²) in [6.07, 6.45) is 2.01. The number of rotatable bonds is 6. The molecule has 0 bridgehead atoms. The Hall–Kier alpha value is -0.570. The predicted molar refractivity (Wildman–Crippen MR) is 51.6 cm³/mol. The van der Waals surface area contributed by atoms with Gasteiger partial charge in [0.05, 0.1) is 0 Å². The van der Waals surface area contributed by atoms with Gasteiger partial charge in [-0.05, 0) is 26.7 Å². The quantitative estimate of drug-likeness (QED) is 0.473. The van der Waals surface area contributed by atoms with E-state index in [1.54, 1.807) is 7.11 Å². The van der Waals surface area contributed by atoms with Gasteiger partial charge < -0.3 is 9.47 Å². The van der Waals surface area contributed by atoms with Crippen LogP contribution in [0.3, 0.4) is 0 Å². The van der Waals surface area contributed by atoms with E-state index in [-0.39, 0.29) is 11.6 Å². The normalized spacial score (nSPS) is 11.4. The molecule has 0 atom stereocenters. The van der Waals surface area contributed by atoms with E-state index in [4.69, 9.17) is 9.47 Å². The average Bonchev–Trinajstić information content (AvgIpc) is 2.04. The third kappa shape index (κ3) is 6.58. The van der Waals surface area contributed by atoms with Gasteiger partial charge >= 0.3 is 5.97 Å². The second-order valence-electron chi connectivity index (χ2n) is 3.68. The summed E-state index contributed by atoms with van der Waals surface area (Å²) >= 11 is 0. The van der Waals surface area contributed by atoms with Crippen LogP contribution in [0.1, 0.15) is 40.0 Å². The van der Waals surface area contributed by atoms with Crippen molar-refractivity contribution in [3.05, 3.63) is 0 Å². The van der Waals surface area contributed by atoms with Crippen molar-refractivity contribution in [1.29, 1.82) is 0 Å². The van der Waals surface area contributed by atoms with Gasteiger partial charge in [0.25, 0.3) is 0 Å². The van der Waals surface area contributed by atoms with Crippen LogP contribution < -0.4 is 0 Å². The summed E-state index contributed by atoms with van der Waals surface area (Å²) < 4.78 is 10.1. The lowest BCUT2D eigenvalue weighted by Gasteiger charge is -2.23. The first-order chi connectivity index (χ1) is 6.02. The topological polar surface area (TPSA) is 35.5 Å². The molecule has 0 aromatic heterocycles. The summed E-state index contributed by atoms with van der Waals surface area (Å²) in [6.45, 7) is 6.45. The molecule has 3 heteroatoms. The zero-order chi connectivity index (χ0) is 10.3. The molecule has 0 aromatic rings. The van der Waals surface area contributed by atoms with Gasteiger partial charge in [0.1, 0.15) is 5.60 Å². The lowest BCUT2D eigenvalue weighted by atomic mass is 10.1. The molecule has 0 unspecified atom stereocenters. The summed E-state index contributed by atoms with van der Waals surface area (Å²) in [5.41, 5.74) is -0.329. The number of hydrogen-bond acceptors (Lipinski definition) is 3. The first-order valence-corrected chi connectivity index (χ1v) is 4.72. The zero-order valence-corrected chi connectivity index (χ0v) is 9.05. The Labute approximate surface area is 80.4 Å². The van der Waals surface area contributed by atoms with Crippen LogP contribution in [0, 0.1) is 0 Å². The molecule has 0 saturated carbocycles. The molecule has 0 N–H and O–H groups in total. The fraction of sp³-hybridized carbons (Fsp3) is 0.900. The van der Waals surface area contributed by atoms with E-state index in [2.05, 4.69) is 0 Å². The molecule has 13 heavy (non-hydrogen) atoms. The van der Waals surface area contributed by atoms with E-state index >= 15 is 0 Å². The van der Waals surface area contributed by atoms with Gasteiger partial charge in [0.15, 0.2) is 0 Å². The third-order valence-electron chi connectivity index (χ3n) is 1.97. The number of methoxy groups -OCH3 is 1. The maximum Gasteiger partial charge on any atom is 0.306 e. The highest BCUT2D eigenvalue weighted by Crippen LogP contribution is 2.14. The molecular formula is C10H20O3. The van der Waals surface area contributed by atoms with Gasteiger partial charge in [-0.3, -0.25) is 4.79 Å². The van der Waals surface area contributed by atoms with Crippen molar-refractivity contribution in [2.75, 3.05) is 13.7 Å². The number of carbonyl (C=O) groups is 1. The highest BCUT2D eigenvalue weighted by atomic mass is 16.6. The standard InChI is InChI=1S/C10H20O3/c1-5-10(2,3)13-9(11)7-6-8-12-4/h5-8H2,1-4H3. The van der Waals surface area contributed by atoms with Crippen LogP contribution >= 0.6 is 0 Å². The Morgan fingerprint density at radius 2 is 2.00 bits per heavy atom. The van der Waals surface area contributed by atoms with Gasteiger partial charge in [-0.15, -0.1) is 0 Å². The molecule has 0 heterocycles. The smallest absolute Gasteiger partial charge is 0.306 e. The van der Waals surface area contributed by atoms with Gasteiger partial charge in [0.2, 0.25) is 0 Å². The van der Waals surface area contributed by atoms with E-state index in [0.717, 1.165) is 12.8 Å². The third-order valence-corrected chi connectivity index (χ3v) is 1.97. The minimum Gasteiger partial charge on any atom is -0.460 e. The molecule has 0 amide bonds. The molecule has 0 spiro atoms. The van der Waals surface area contributed by atoms with E-state index < -0.39 is 0 Å². The molecule has 78 valence electrons. The van der Waals surface area contributed by atoms with Crippen molar-refractivity contribution in [1.82, 2.24) is 0 Å². The Balaban J connectivity index is 3.62. The van der Waals surface area contributed by atoms with Gasteiger partial charge in [0, 0.05) is 20.1 Å². The fourth-order valence-corrected chi connectivity index (χ4v) is 0.792. The molecular weight excluding hydrogens is 168 g/mol. The van der Waals surface area contributed by atoms with Crippen molar-refractivity contribution in [2.45, 2.75) is 45.6 Å². The Morgan fingerprint density at radius 3 is 2.46 bits per heavy atom. The van der Waals surface area contributed by atoms with Crippen LogP contribution in [-0.4, -0.2) is 25.3 Å². The van der Waals surface area contributed by atoms with Crippen LogP contribution in [0.2, 0.25) is 0 Å². The molecule has 0 aliphatic heterocycles. The lowest BCUT2D eigenvalue weighted by molar-refractivity contribution is -0.157. The first kappa shape index (κ1) is 12.4. The van der Waals surface area contributed by atoms with Crippen LogP contribution in [0.4, 0.5) is 0 Å². The zero-order valence-electron chi connectivity index (χ0n) is 9.05. The fourth-order valence-electron chi connectivity index (χ4n) is 0.792. The monoisotopic (exact) mass is 188 g/mol.